The van der Waals surface area contributed by atoms with Crippen LogP contribution in [0.15, 0.2) is 24.3 Å². The number of nitriles is 1. The zero-order valence-electron chi connectivity index (χ0n) is 13.3. The van der Waals surface area contributed by atoms with Crippen molar-refractivity contribution < 1.29 is 5.11 Å². The van der Waals surface area contributed by atoms with E-state index in [1.54, 1.807) is 0 Å². The largest absolute Gasteiger partial charge is 0.388 e. The van der Waals surface area contributed by atoms with Gasteiger partial charge in [0, 0.05) is 19.6 Å². The van der Waals surface area contributed by atoms with Crippen LogP contribution in [-0.2, 0) is 6.54 Å². The van der Waals surface area contributed by atoms with Gasteiger partial charge in [0.15, 0.2) is 0 Å². The zero-order valence-corrected chi connectivity index (χ0v) is 13.3. The Bertz CT molecular complexity index is 558. The predicted molar refractivity (Wildman–Crippen MR) is 86.3 cm³/mol. The van der Waals surface area contributed by atoms with E-state index in [1.807, 2.05) is 25.1 Å². The molecular weight excluding hydrogens is 274 g/mol. The Balaban J connectivity index is 1.69. The third-order valence-electron chi connectivity index (χ3n) is 5.13. The van der Waals surface area contributed by atoms with Crippen molar-refractivity contribution in [2.45, 2.75) is 44.4 Å². The molecule has 0 radical (unpaired) electrons. The topological polar surface area (TPSA) is 50.5 Å². The van der Waals surface area contributed by atoms with Crippen molar-refractivity contribution in [2.75, 3.05) is 26.2 Å². The minimum Gasteiger partial charge on any atom is -0.388 e. The van der Waals surface area contributed by atoms with Crippen LogP contribution in [0.2, 0.25) is 0 Å². The van der Waals surface area contributed by atoms with Gasteiger partial charge in [-0.2, -0.15) is 5.26 Å². The van der Waals surface area contributed by atoms with Crippen LogP contribution in [0.5, 0.6) is 0 Å². The molecule has 0 saturated carbocycles. The monoisotopic (exact) mass is 299 g/mol. The molecule has 3 rings (SSSR count). The summed E-state index contributed by atoms with van der Waals surface area (Å²) in [7, 11) is 0. The molecule has 0 spiro atoms. The summed E-state index contributed by atoms with van der Waals surface area (Å²) in [5.74, 6) is 0. The van der Waals surface area contributed by atoms with Crippen LogP contribution in [0.4, 0.5) is 0 Å². The molecule has 1 aromatic carbocycles. The van der Waals surface area contributed by atoms with E-state index >= 15 is 0 Å². The van der Waals surface area contributed by atoms with Crippen LogP contribution in [0, 0.1) is 11.3 Å². The van der Waals surface area contributed by atoms with Gasteiger partial charge in [-0.05, 0) is 57.0 Å². The summed E-state index contributed by atoms with van der Waals surface area (Å²) in [6.07, 6.45) is 3.31. The van der Waals surface area contributed by atoms with Crippen molar-refractivity contribution in [3.05, 3.63) is 35.4 Å². The normalized spacial score (nSPS) is 30.3. The Labute approximate surface area is 133 Å². The van der Waals surface area contributed by atoms with Crippen molar-refractivity contribution in [3.63, 3.8) is 0 Å². The van der Waals surface area contributed by atoms with Gasteiger partial charge in [-0.25, -0.2) is 0 Å². The Morgan fingerprint density at radius 3 is 2.82 bits per heavy atom. The first-order chi connectivity index (χ1) is 10.6. The molecule has 4 heteroatoms. The molecule has 0 amide bonds. The Kier molecular flexibility index (Phi) is 4.49. The standard InChI is InChI=1S/C18H25N3O/c1-18(22)7-10-20(14-17(18)21-8-2-3-9-21)13-16-6-4-5-15(11-16)12-19/h4-6,11,17,22H,2-3,7-10,13-14H2,1H3/t17-,18-/m1/s1. The molecule has 1 N–H and O–H groups in total. The van der Waals surface area contributed by atoms with Crippen LogP contribution in [-0.4, -0.2) is 52.7 Å². The Hall–Kier alpha value is -1.41. The van der Waals surface area contributed by atoms with Crippen molar-refractivity contribution in [2.24, 2.45) is 0 Å². The molecule has 4 nitrogen and oxygen atoms in total. The lowest BCUT2D eigenvalue weighted by atomic mass is 9.87. The highest BCUT2D eigenvalue weighted by molar-refractivity contribution is 5.32. The average Bonchev–Trinajstić information content (AvgIpc) is 3.03. The number of hydrogen-bond acceptors (Lipinski definition) is 4. The number of benzene rings is 1. The summed E-state index contributed by atoms with van der Waals surface area (Å²) >= 11 is 0. The van der Waals surface area contributed by atoms with E-state index in [-0.39, 0.29) is 6.04 Å². The number of hydrogen-bond donors (Lipinski definition) is 1. The lowest BCUT2D eigenvalue weighted by Crippen LogP contribution is -2.60. The summed E-state index contributed by atoms with van der Waals surface area (Å²) in [5, 5.41) is 19.8. The van der Waals surface area contributed by atoms with Gasteiger partial charge >= 0.3 is 0 Å². The molecule has 2 saturated heterocycles. The summed E-state index contributed by atoms with van der Waals surface area (Å²) in [6.45, 7) is 6.88. The number of likely N-dealkylation sites (tertiary alicyclic amines) is 2. The predicted octanol–water partition coefficient (Wildman–Crippen LogP) is 1.98. The average molecular weight is 299 g/mol. The van der Waals surface area contributed by atoms with Crippen molar-refractivity contribution in [1.29, 1.82) is 5.26 Å². The van der Waals surface area contributed by atoms with E-state index in [0.717, 1.165) is 44.7 Å². The van der Waals surface area contributed by atoms with E-state index in [9.17, 15) is 5.11 Å². The Morgan fingerprint density at radius 2 is 2.09 bits per heavy atom. The van der Waals surface area contributed by atoms with Gasteiger partial charge < -0.3 is 5.11 Å². The molecule has 2 fully saturated rings. The van der Waals surface area contributed by atoms with Crippen LogP contribution in [0.25, 0.3) is 0 Å². The maximum Gasteiger partial charge on any atom is 0.0991 e. The van der Waals surface area contributed by atoms with Gasteiger partial charge in [0.25, 0.3) is 0 Å². The molecule has 0 unspecified atom stereocenters. The van der Waals surface area contributed by atoms with Crippen LogP contribution in [0.3, 0.4) is 0 Å². The molecule has 0 aliphatic carbocycles. The molecule has 2 aliphatic rings. The minimum atomic E-state index is -0.588. The lowest BCUT2D eigenvalue weighted by Gasteiger charge is -2.46. The second-order valence-corrected chi connectivity index (χ2v) is 6.91. The third-order valence-corrected chi connectivity index (χ3v) is 5.13. The molecule has 2 heterocycles. The van der Waals surface area contributed by atoms with E-state index in [0.29, 0.717) is 0 Å². The van der Waals surface area contributed by atoms with Gasteiger partial charge in [-0.3, -0.25) is 9.80 Å². The first-order valence-corrected chi connectivity index (χ1v) is 8.26. The lowest BCUT2D eigenvalue weighted by molar-refractivity contribution is -0.0776. The summed E-state index contributed by atoms with van der Waals surface area (Å²) < 4.78 is 0. The van der Waals surface area contributed by atoms with Gasteiger partial charge in [0.1, 0.15) is 0 Å². The number of piperidine rings is 1. The molecular formula is C18H25N3O. The van der Waals surface area contributed by atoms with E-state index in [2.05, 4.69) is 21.9 Å². The molecule has 2 aliphatic heterocycles. The SMILES string of the molecule is C[C@@]1(O)CCN(Cc2cccc(C#N)c2)C[C@H]1N1CCCC1. The fourth-order valence-electron chi connectivity index (χ4n) is 3.79. The maximum absolute atomic E-state index is 10.7. The molecule has 22 heavy (non-hydrogen) atoms. The van der Waals surface area contributed by atoms with Crippen molar-refractivity contribution in [3.8, 4) is 6.07 Å². The van der Waals surface area contributed by atoms with Crippen LogP contribution in [0.1, 0.15) is 37.3 Å². The van der Waals surface area contributed by atoms with Gasteiger partial charge in [0.2, 0.25) is 0 Å². The van der Waals surface area contributed by atoms with Crippen LogP contribution < -0.4 is 0 Å². The van der Waals surface area contributed by atoms with Crippen LogP contribution >= 0.6 is 0 Å². The van der Waals surface area contributed by atoms with E-state index in [1.165, 1.54) is 18.4 Å². The second-order valence-electron chi connectivity index (χ2n) is 6.91. The highest BCUT2D eigenvalue weighted by atomic mass is 16.3. The Morgan fingerprint density at radius 1 is 1.32 bits per heavy atom. The first kappa shape index (κ1) is 15.5. The van der Waals surface area contributed by atoms with Gasteiger partial charge in [-0.1, -0.05) is 12.1 Å². The quantitative estimate of drug-likeness (QED) is 0.927. The van der Waals surface area contributed by atoms with E-state index < -0.39 is 5.60 Å². The minimum absolute atomic E-state index is 0.225. The number of rotatable bonds is 3. The van der Waals surface area contributed by atoms with Gasteiger partial charge in [0.05, 0.1) is 23.3 Å². The van der Waals surface area contributed by atoms with E-state index in [4.69, 9.17) is 5.26 Å². The highest BCUT2D eigenvalue weighted by Crippen LogP contribution is 2.29. The third kappa shape index (κ3) is 3.33. The van der Waals surface area contributed by atoms with Gasteiger partial charge in [-0.15, -0.1) is 0 Å². The molecule has 0 bridgehead atoms. The molecule has 118 valence electrons. The molecule has 0 aromatic heterocycles. The summed E-state index contributed by atoms with van der Waals surface area (Å²) in [6, 6.07) is 10.3. The second kappa shape index (κ2) is 6.37. The fourth-order valence-corrected chi connectivity index (χ4v) is 3.79. The molecule has 1 aromatic rings. The smallest absolute Gasteiger partial charge is 0.0991 e. The van der Waals surface area contributed by atoms with Crippen molar-refractivity contribution in [1.82, 2.24) is 9.80 Å². The fraction of sp³-hybridized carbons (Fsp3) is 0.611. The molecule has 2 atom stereocenters. The first-order valence-electron chi connectivity index (χ1n) is 8.26. The summed E-state index contributed by atoms with van der Waals surface area (Å²) in [5.41, 5.74) is 1.31. The van der Waals surface area contributed by atoms with Crippen molar-refractivity contribution >= 4 is 0 Å². The summed E-state index contributed by atoms with van der Waals surface area (Å²) in [4.78, 5) is 4.87. The maximum atomic E-state index is 10.7. The zero-order chi connectivity index (χ0) is 15.6. The highest BCUT2D eigenvalue weighted by Gasteiger charge is 2.41. The number of nitrogens with zero attached hydrogens (tertiary/aromatic N) is 3. The number of aliphatic hydroxyl groups is 1.